The van der Waals surface area contributed by atoms with E-state index in [1.54, 1.807) is 0 Å². The maximum absolute atomic E-state index is 12.6. The van der Waals surface area contributed by atoms with Gasteiger partial charge in [0.2, 0.25) is 11.8 Å². The van der Waals surface area contributed by atoms with Gasteiger partial charge < -0.3 is 10.6 Å². The van der Waals surface area contributed by atoms with E-state index < -0.39 is 5.41 Å². The smallest absolute Gasteiger partial charge is 0.240 e. The van der Waals surface area contributed by atoms with E-state index in [4.69, 9.17) is 11.6 Å². The van der Waals surface area contributed by atoms with Crippen LogP contribution >= 0.6 is 11.6 Å². The molecule has 0 saturated heterocycles. The van der Waals surface area contributed by atoms with Crippen molar-refractivity contribution in [2.24, 2.45) is 5.41 Å². The summed E-state index contributed by atoms with van der Waals surface area (Å²) in [6, 6.07) is 13.4. The molecule has 26 heavy (non-hydrogen) atoms. The Bertz CT molecular complexity index is 806. The summed E-state index contributed by atoms with van der Waals surface area (Å²) in [5.41, 5.74) is 3.08. The second-order valence-corrected chi connectivity index (χ2v) is 7.48. The molecular weight excluding hydrogens is 348 g/mol. The van der Waals surface area contributed by atoms with Gasteiger partial charge in [-0.3, -0.25) is 9.59 Å². The maximum Gasteiger partial charge on any atom is 0.240 e. The van der Waals surface area contributed by atoms with Gasteiger partial charge in [0, 0.05) is 17.3 Å². The minimum Gasteiger partial charge on any atom is -0.355 e. The molecule has 5 heteroatoms. The predicted octanol–water partition coefficient (Wildman–Crippen LogP) is 4.03. The number of anilines is 1. The van der Waals surface area contributed by atoms with Crippen LogP contribution in [0.2, 0.25) is 5.02 Å². The standard InChI is InChI=1S/C21H23ClN2O2/c1-14-11-15(2)13-18(12-14)24-20(26)21(8-9-21)19(25)23-10-7-16-3-5-17(22)6-4-16/h3-6,11-13H,7-10H2,1-2H3,(H,23,25)(H,24,26). The number of aryl methyl sites for hydroxylation is 2. The van der Waals surface area contributed by atoms with Crippen LogP contribution in [0, 0.1) is 19.3 Å². The molecule has 2 N–H and O–H groups in total. The molecule has 1 aliphatic rings. The van der Waals surface area contributed by atoms with Gasteiger partial charge in [0.1, 0.15) is 5.41 Å². The van der Waals surface area contributed by atoms with Gasteiger partial charge in [-0.1, -0.05) is 29.8 Å². The molecule has 0 aromatic heterocycles. The molecule has 1 aliphatic carbocycles. The molecule has 4 nitrogen and oxygen atoms in total. The second kappa shape index (κ2) is 7.50. The summed E-state index contributed by atoms with van der Waals surface area (Å²) in [5.74, 6) is -0.403. The first-order valence-electron chi connectivity index (χ1n) is 8.81. The number of carbonyl (C=O) groups excluding carboxylic acids is 2. The molecule has 0 heterocycles. The highest BCUT2D eigenvalue weighted by Crippen LogP contribution is 2.46. The van der Waals surface area contributed by atoms with Crippen LogP contribution in [0.3, 0.4) is 0 Å². The average Bonchev–Trinajstić information content (AvgIpc) is 3.37. The Hall–Kier alpha value is -2.33. The van der Waals surface area contributed by atoms with Crippen molar-refractivity contribution in [2.45, 2.75) is 33.1 Å². The van der Waals surface area contributed by atoms with Crippen molar-refractivity contribution < 1.29 is 9.59 Å². The summed E-state index contributed by atoms with van der Waals surface area (Å²) in [6.07, 6.45) is 1.89. The van der Waals surface area contributed by atoms with Crippen molar-refractivity contribution in [3.63, 3.8) is 0 Å². The van der Waals surface area contributed by atoms with Crippen LogP contribution in [0.4, 0.5) is 5.69 Å². The van der Waals surface area contributed by atoms with Gasteiger partial charge in [-0.25, -0.2) is 0 Å². The lowest BCUT2D eigenvalue weighted by atomic mass is 10.0. The number of nitrogens with one attached hydrogen (secondary N) is 2. The summed E-state index contributed by atoms with van der Waals surface area (Å²) >= 11 is 5.87. The maximum atomic E-state index is 12.6. The lowest BCUT2D eigenvalue weighted by Gasteiger charge is -2.16. The van der Waals surface area contributed by atoms with Crippen LogP contribution in [-0.2, 0) is 16.0 Å². The molecular formula is C21H23ClN2O2. The molecule has 1 fully saturated rings. The van der Waals surface area contributed by atoms with E-state index in [9.17, 15) is 9.59 Å². The summed E-state index contributed by atoms with van der Waals surface area (Å²) in [6.45, 7) is 4.47. The molecule has 3 rings (SSSR count). The largest absolute Gasteiger partial charge is 0.355 e. The number of amides is 2. The van der Waals surface area contributed by atoms with E-state index >= 15 is 0 Å². The van der Waals surface area contributed by atoms with E-state index in [1.165, 1.54) is 0 Å². The average molecular weight is 371 g/mol. The third-order valence-electron chi connectivity index (χ3n) is 4.71. The fraction of sp³-hybridized carbons (Fsp3) is 0.333. The van der Waals surface area contributed by atoms with Crippen molar-refractivity contribution >= 4 is 29.1 Å². The molecule has 1 saturated carbocycles. The molecule has 0 unspecified atom stereocenters. The van der Waals surface area contributed by atoms with Crippen molar-refractivity contribution in [1.29, 1.82) is 0 Å². The zero-order valence-corrected chi connectivity index (χ0v) is 15.8. The molecule has 2 aromatic carbocycles. The zero-order chi connectivity index (χ0) is 18.7. The van der Waals surface area contributed by atoms with Crippen LogP contribution in [0.25, 0.3) is 0 Å². The summed E-state index contributed by atoms with van der Waals surface area (Å²) in [5, 5.41) is 6.50. The number of carbonyl (C=O) groups is 2. The molecule has 136 valence electrons. The van der Waals surface area contributed by atoms with Gasteiger partial charge >= 0.3 is 0 Å². The lowest BCUT2D eigenvalue weighted by molar-refractivity contribution is -0.134. The highest BCUT2D eigenvalue weighted by atomic mass is 35.5. The van der Waals surface area contributed by atoms with Crippen molar-refractivity contribution in [3.8, 4) is 0 Å². The minimum atomic E-state index is -0.919. The van der Waals surface area contributed by atoms with Gasteiger partial charge in [-0.2, -0.15) is 0 Å². The van der Waals surface area contributed by atoms with Crippen LogP contribution < -0.4 is 10.6 Å². The Kier molecular flexibility index (Phi) is 5.33. The first kappa shape index (κ1) is 18.5. The van der Waals surface area contributed by atoms with Crippen molar-refractivity contribution in [1.82, 2.24) is 5.32 Å². The van der Waals surface area contributed by atoms with Gasteiger partial charge in [0.25, 0.3) is 0 Å². The lowest BCUT2D eigenvalue weighted by Crippen LogP contribution is -2.40. The topological polar surface area (TPSA) is 58.2 Å². The SMILES string of the molecule is Cc1cc(C)cc(NC(=O)C2(C(=O)NCCc3ccc(Cl)cc3)CC2)c1. The number of hydrogen-bond acceptors (Lipinski definition) is 2. The highest BCUT2D eigenvalue weighted by Gasteiger charge is 2.56. The first-order valence-corrected chi connectivity index (χ1v) is 9.19. The van der Waals surface area contributed by atoms with Crippen molar-refractivity contribution in [2.75, 3.05) is 11.9 Å². The molecule has 0 atom stereocenters. The number of hydrogen-bond donors (Lipinski definition) is 2. The predicted molar refractivity (Wildman–Crippen MR) is 104 cm³/mol. The van der Waals surface area contributed by atoms with Gasteiger partial charge in [0.15, 0.2) is 0 Å². The normalized spacial score (nSPS) is 14.6. The van der Waals surface area contributed by atoms with Crippen LogP contribution in [-0.4, -0.2) is 18.4 Å². The third kappa shape index (κ3) is 4.25. The van der Waals surface area contributed by atoms with Crippen LogP contribution in [0.5, 0.6) is 0 Å². The number of halogens is 1. The second-order valence-electron chi connectivity index (χ2n) is 7.04. The molecule has 0 spiro atoms. The van der Waals surface area contributed by atoms with E-state index in [0.717, 1.165) is 22.4 Å². The van der Waals surface area contributed by atoms with Crippen LogP contribution in [0.1, 0.15) is 29.5 Å². The zero-order valence-electron chi connectivity index (χ0n) is 15.1. The van der Waals surface area contributed by atoms with E-state index in [0.29, 0.717) is 30.8 Å². The molecule has 2 aromatic rings. The molecule has 0 aliphatic heterocycles. The van der Waals surface area contributed by atoms with E-state index in [1.807, 2.05) is 56.3 Å². The minimum absolute atomic E-state index is 0.187. The number of benzene rings is 2. The van der Waals surface area contributed by atoms with Gasteiger partial charge in [-0.15, -0.1) is 0 Å². The molecule has 0 bridgehead atoms. The Morgan fingerprint density at radius 2 is 1.62 bits per heavy atom. The highest BCUT2D eigenvalue weighted by molar-refractivity contribution is 6.30. The number of rotatable bonds is 6. The Balaban J connectivity index is 1.56. The summed E-state index contributed by atoms with van der Waals surface area (Å²) < 4.78 is 0. The third-order valence-corrected chi connectivity index (χ3v) is 4.96. The van der Waals surface area contributed by atoms with E-state index in [2.05, 4.69) is 10.6 Å². The Labute approximate surface area is 158 Å². The fourth-order valence-corrected chi connectivity index (χ4v) is 3.25. The van der Waals surface area contributed by atoms with Crippen molar-refractivity contribution in [3.05, 3.63) is 64.2 Å². The van der Waals surface area contributed by atoms with Crippen LogP contribution in [0.15, 0.2) is 42.5 Å². The molecule has 0 radical (unpaired) electrons. The summed E-state index contributed by atoms with van der Waals surface area (Å²) in [7, 11) is 0. The van der Waals surface area contributed by atoms with Gasteiger partial charge in [0.05, 0.1) is 0 Å². The van der Waals surface area contributed by atoms with Gasteiger partial charge in [-0.05, 0) is 74.1 Å². The molecule has 2 amide bonds. The quantitative estimate of drug-likeness (QED) is 0.754. The Morgan fingerprint density at radius 1 is 1.00 bits per heavy atom. The Morgan fingerprint density at radius 3 is 2.19 bits per heavy atom. The fourth-order valence-electron chi connectivity index (χ4n) is 3.12. The monoisotopic (exact) mass is 370 g/mol. The summed E-state index contributed by atoms with van der Waals surface area (Å²) in [4.78, 5) is 25.2. The first-order chi connectivity index (χ1) is 12.4. The van der Waals surface area contributed by atoms with E-state index in [-0.39, 0.29) is 11.8 Å².